The lowest BCUT2D eigenvalue weighted by molar-refractivity contribution is -0.141. The Morgan fingerprint density at radius 3 is 2.73 bits per heavy atom. The third-order valence-electron chi connectivity index (χ3n) is 4.00. The number of rotatable bonds is 2. The first kappa shape index (κ1) is 14.5. The second-order valence-electron chi connectivity index (χ2n) is 5.45. The fourth-order valence-electron chi connectivity index (χ4n) is 3.10. The highest BCUT2D eigenvalue weighted by Gasteiger charge is 2.41. The van der Waals surface area contributed by atoms with Crippen molar-refractivity contribution in [3.8, 4) is 5.75 Å². The molecule has 0 fully saturated rings. The Bertz CT molecular complexity index is 730. The number of carboxylic acids is 1. The van der Waals surface area contributed by atoms with Crippen LogP contribution in [0.25, 0.3) is 0 Å². The summed E-state index contributed by atoms with van der Waals surface area (Å²) in [6.07, 6.45) is -1.46. The molecule has 0 amide bonds. The summed E-state index contributed by atoms with van der Waals surface area (Å²) in [6.45, 7) is 1.61. The van der Waals surface area contributed by atoms with Gasteiger partial charge in [-0.2, -0.15) is 0 Å². The standard InChI is InChI=1S/C16H14O6/c1-7-13-10(5-8(22-7)6-12(18)19)15(20)9-3-2-4-11(17)14(9)16(13)21/h2-4,7-8,17H,5-6H2,1H3,(H,18,19)/t7-,8-/m1/s1. The van der Waals surface area contributed by atoms with Crippen molar-refractivity contribution in [3.05, 3.63) is 40.5 Å². The van der Waals surface area contributed by atoms with Gasteiger partial charge in [0, 0.05) is 23.1 Å². The van der Waals surface area contributed by atoms with Crippen molar-refractivity contribution < 1.29 is 29.3 Å². The SMILES string of the molecule is C[C@H]1O[C@@H](CC(=O)O)CC2=C1C(=O)c1c(O)cccc1C2=O. The average Bonchev–Trinajstić information content (AvgIpc) is 2.43. The summed E-state index contributed by atoms with van der Waals surface area (Å²) in [5.74, 6) is -2.02. The van der Waals surface area contributed by atoms with Gasteiger partial charge in [-0.15, -0.1) is 0 Å². The molecule has 0 radical (unpaired) electrons. The van der Waals surface area contributed by atoms with E-state index in [1.807, 2.05) is 0 Å². The Hall–Kier alpha value is -2.47. The fraction of sp³-hybridized carbons (Fsp3) is 0.312. The number of hydrogen-bond acceptors (Lipinski definition) is 5. The summed E-state index contributed by atoms with van der Waals surface area (Å²) in [5.41, 5.74) is 0.680. The zero-order chi connectivity index (χ0) is 16.0. The number of aromatic hydroxyl groups is 1. The average molecular weight is 302 g/mol. The molecule has 3 rings (SSSR count). The quantitative estimate of drug-likeness (QED) is 0.862. The molecule has 6 nitrogen and oxygen atoms in total. The van der Waals surface area contributed by atoms with Crippen molar-refractivity contribution in [1.29, 1.82) is 0 Å². The molecule has 1 aliphatic carbocycles. The second kappa shape index (κ2) is 5.06. The fourth-order valence-corrected chi connectivity index (χ4v) is 3.10. The van der Waals surface area contributed by atoms with E-state index in [2.05, 4.69) is 0 Å². The van der Waals surface area contributed by atoms with Crippen molar-refractivity contribution in [1.82, 2.24) is 0 Å². The molecule has 1 heterocycles. The van der Waals surface area contributed by atoms with Gasteiger partial charge in [-0.05, 0) is 13.0 Å². The molecule has 2 atom stereocenters. The number of aliphatic carboxylic acids is 1. The van der Waals surface area contributed by atoms with E-state index in [9.17, 15) is 19.5 Å². The first-order valence-corrected chi connectivity index (χ1v) is 6.91. The summed E-state index contributed by atoms with van der Waals surface area (Å²) in [5, 5.41) is 18.8. The van der Waals surface area contributed by atoms with Gasteiger partial charge in [-0.25, -0.2) is 0 Å². The van der Waals surface area contributed by atoms with Crippen molar-refractivity contribution in [3.63, 3.8) is 0 Å². The number of carbonyl (C=O) groups is 3. The molecule has 0 bridgehead atoms. The molecule has 2 aliphatic rings. The molecule has 6 heteroatoms. The van der Waals surface area contributed by atoms with E-state index >= 15 is 0 Å². The number of benzene rings is 1. The number of phenols is 1. The van der Waals surface area contributed by atoms with Crippen molar-refractivity contribution in [2.45, 2.75) is 32.0 Å². The van der Waals surface area contributed by atoms with E-state index in [1.54, 1.807) is 6.92 Å². The number of Topliss-reactive ketones (excluding diaryl/α,β-unsaturated/α-hetero) is 2. The van der Waals surface area contributed by atoms with E-state index < -0.39 is 24.0 Å². The Labute approximate surface area is 126 Å². The highest BCUT2D eigenvalue weighted by Crippen LogP contribution is 2.39. The summed E-state index contributed by atoms with van der Waals surface area (Å²) in [6, 6.07) is 4.35. The van der Waals surface area contributed by atoms with Crippen molar-refractivity contribution in [2.24, 2.45) is 0 Å². The highest BCUT2D eigenvalue weighted by molar-refractivity contribution is 6.28. The lowest BCUT2D eigenvalue weighted by Crippen LogP contribution is -2.38. The van der Waals surface area contributed by atoms with Crippen LogP contribution in [0.15, 0.2) is 29.3 Å². The lowest BCUT2D eigenvalue weighted by Gasteiger charge is -2.33. The molecular weight excluding hydrogens is 288 g/mol. The van der Waals surface area contributed by atoms with Gasteiger partial charge in [0.25, 0.3) is 0 Å². The Morgan fingerprint density at radius 1 is 1.32 bits per heavy atom. The van der Waals surface area contributed by atoms with Crippen LogP contribution in [0.3, 0.4) is 0 Å². The van der Waals surface area contributed by atoms with E-state index in [0.29, 0.717) is 5.57 Å². The maximum Gasteiger partial charge on any atom is 0.305 e. The second-order valence-corrected chi connectivity index (χ2v) is 5.45. The number of carboxylic acid groups (broad SMARTS) is 1. The highest BCUT2D eigenvalue weighted by atomic mass is 16.5. The minimum absolute atomic E-state index is 0.00150. The van der Waals surface area contributed by atoms with Crippen LogP contribution in [-0.4, -0.2) is 40.0 Å². The number of ketones is 2. The largest absolute Gasteiger partial charge is 0.507 e. The van der Waals surface area contributed by atoms with Crippen molar-refractivity contribution >= 4 is 17.5 Å². The predicted octanol–water partition coefficient (Wildman–Crippen LogP) is 1.72. The van der Waals surface area contributed by atoms with E-state index in [0.717, 1.165) is 0 Å². The molecule has 1 aromatic rings. The van der Waals surface area contributed by atoms with Crippen LogP contribution in [0.2, 0.25) is 0 Å². The number of fused-ring (bicyclic) bond motifs is 1. The molecule has 1 aliphatic heterocycles. The van der Waals surface area contributed by atoms with Crippen molar-refractivity contribution in [2.75, 3.05) is 0 Å². The number of phenolic OH excluding ortho intramolecular Hbond substituents is 1. The maximum atomic E-state index is 12.6. The summed E-state index contributed by atoms with van der Waals surface area (Å²) in [7, 11) is 0. The van der Waals surface area contributed by atoms with Crippen LogP contribution in [-0.2, 0) is 9.53 Å². The molecule has 1 aromatic carbocycles. The van der Waals surface area contributed by atoms with Gasteiger partial charge in [0.2, 0.25) is 0 Å². The van der Waals surface area contributed by atoms with Gasteiger partial charge in [-0.1, -0.05) is 12.1 Å². The molecule has 2 N–H and O–H groups in total. The van der Waals surface area contributed by atoms with Gasteiger partial charge in [-0.3, -0.25) is 14.4 Å². The van der Waals surface area contributed by atoms with E-state index in [1.165, 1.54) is 18.2 Å². The monoisotopic (exact) mass is 302 g/mol. The van der Waals surface area contributed by atoms with Crippen LogP contribution in [0.5, 0.6) is 5.75 Å². The third-order valence-corrected chi connectivity index (χ3v) is 4.00. The molecule has 22 heavy (non-hydrogen) atoms. The van der Waals surface area contributed by atoms with E-state index in [4.69, 9.17) is 9.84 Å². The number of hydrogen-bond donors (Lipinski definition) is 2. The topological polar surface area (TPSA) is 101 Å². The smallest absolute Gasteiger partial charge is 0.305 e. The third kappa shape index (κ3) is 2.12. The predicted molar refractivity (Wildman–Crippen MR) is 75.0 cm³/mol. The van der Waals surface area contributed by atoms with Crippen LogP contribution in [0, 0.1) is 0 Å². The minimum Gasteiger partial charge on any atom is -0.507 e. The maximum absolute atomic E-state index is 12.6. The van der Waals surface area contributed by atoms with Gasteiger partial charge >= 0.3 is 5.97 Å². The molecule has 0 saturated heterocycles. The number of ether oxygens (including phenoxy) is 1. The Morgan fingerprint density at radius 2 is 2.05 bits per heavy atom. The number of carbonyl (C=O) groups excluding carboxylic acids is 2. The van der Waals surface area contributed by atoms with E-state index in [-0.39, 0.29) is 41.1 Å². The lowest BCUT2D eigenvalue weighted by atomic mass is 9.78. The van der Waals surface area contributed by atoms with Gasteiger partial charge < -0.3 is 14.9 Å². The Kier molecular flexibility index (Phi) is 3.33. The molecule has 0 saturated carbocycles. The first-order valence-electron chi connectivity index (χ1n) is 6.91. The zero-order valence-corrected chi connectivity index (χ0v) is 11.8. The molecule has 0 aromatic heterocycles. The van der Waals surface area contributed by atoms with Crippen LogP contribution in [0.4, 0.5) is 0 Å². The zero-order valence-electron chi connectivity index (χ0n) is 11.8. The minimum atomic E-state index is -1.02. The molecule has 0 unspecified atom stereocenters. The van der Waals surface area contributed by atoms with Crippen LogP contribution >= 0.6 is 0 Å². The van der Waals surface area contributed by atoms with Crippen LogP contribution < -0.4 is 0 Å². The normalized spacial score (nSPS) is 24.0. The van der Waals surface area contributed by atoms with Gasteiger partial charge in [0.05, 0.1) is 24.2 Å². The summed E-state index contributed by atoms with van der Waals surface area (Å²) in [4.78, 5) is 36.0. The van der Waals surface area contributed by atoms with Gasteiger partial charge in [0.15, 0.2) is 11.6 Å². The molecule has 114 valence electrons. The summed E-state index contributed by atoms with van der Waals surface area (Å²) >= 11 is 0. The van der Waals surface area contributed by atoms with Crippen LogP contribution in [0.1, 0.15) is 40.5 Å². The summed E-state index contributed by atoms with van der Waals surface area (Å²) < 4.78 is 5.55. The Balaban J connectivity index is 2.08. The molecular formula is C16H14O6. The molecule has 0 spiro atoms. The van der Waals surface area contributed by atoms with Gasteiger partial charge in [0.1, 0.15) is 5.75 Å². The first-order chi connectivity index (χ1) is 10.4.